The van der Waals surface area contributed by atoms with Crippen LogP contribution in [0, 0.1) is 0 Å². The van der Waals surface area contributed by atoms with Crippen LogP contribution >= 0.6 is 22.9 Å². The normalized spacial score (nSPS) is 11.9. The van der Waals surface area contributed by atoms with Crippen LogP contribution in [0.4, 0.5) is 0 Å². The monoisotopic (exact) mass is 252 g/mol. The summed E-state index contributed by atoms with van der Waals surface area (Å²) in [5, 5.41) is 0. The van der Waals surface area contributed by atoms with Crippen LogP contribution in [-0.4, -0.2) is 31.3 Å². The molecule has 0 bridgehead atoms. The number of likely N-dealkylation sites (N-methyl/N-ethyl adjacent to an activating group) is 1. The van der Waals surface area contributed by atoms with Crippen LogP contribution < -0.4 is 0 Å². The molecule has 1 aromatic heterocycles. The number of halogens is 1. The molecule has 0 aliphatic heterocycles. The summed E-state index contributed by atoms with van der Waals surface area (Å²) in [4.78, 5) is 3.68. The van der Waals surface area contributed by atoms with E-state index in [0.29, 0.717) is 0 Å². The Hall–Kier alpha value is -0.430. The van der Waals surface area contributed by atoms with Crippen LogP contribution in [-0.2, 0) is 10.0 Å². The summed E-state index contributed by atoms with van der Waals surface area (Å²) in [5.41, 5.74) is 0. The third-order valence-corrected chi connectivity index (χ3v) is 4.88. The van der Waals surface area contributed by atoms with Gasteiger partial charge in [0, 0.05) is 13.6 Å². The van der Waals surface area contributed by atoms with Crippen molar-refractivity contribution in [1.82, 2.24) is 9.29 Å². The van der Waals surface area contributed by atoms with Crippen LogP contribution in [0.1, 0.15) is 0 Å². The quantitative estimate of drug-likeness (QED) is 0.765. The Kier molecular flexibility index (Phi) is 3.65. The Balaban J connectivity index is 3.02. The van der Waals surface area contributed by atoms with Gasteiger partial charge >= 0.3 is 0 Å². The zero-order valence-electron chi connectivity index (χ0n) is 7.47. The molecule has 1 rings (SSSR count). The van der Waals surface area contributed by atoms with E-state index in [0.717, 1.165) is 11.3 Å². The maximum Gasteiger partial charge on any atom is 0.254 e. The van der Waals surface area contributed by atoms with Crippen molar-refractivity contribution in [2.75, 3.05) is 13.6 Å². The van der Waals surface area contributed by atoms with Crippen molar-refractivity contribution in [3.63, 3.8) is 0 Å². The van der Waals surface area contributed by atoms with E-state index in [1.807, 2.05) is 0 Å². The number of aromatic nitrogens is 1. The van der Waals surface area contributed by atoms with Gasteiger partial charge in [-0.15, -0.1) is 6.58 Å². The summed E-state index contributed by atoms with van der Waals surface area (Å²) in [6, 6.07) is 0. The van der Waals surface area contributed by atoms with E-state index < -0.39 is 10.0 Å². The Bertz CT molecular complexity index is 427. The fourth-order valence-electron chi connectivity index (χ4n) is 0.792. The first-order chi connectivity index (χ1) is 6.48. The molecule has 0 aliphatic carbocycles. The predicted octanol–water partition coefficient (Wildman–Crippen LogP) is 1.60. The minimum Gasteiger partial charge on any atom is -0.232 e. The molecule has 1 heterocycles. The van der Waals surface area contributed by atoms with Crippen molar-refractivity contribution in [2.24, 2.45) is 0 Å². The standard InChI is InChI=1S/C7H9ClN2O2S2/c1-3-4-10(2)14(11,12)6-5-9-7(8)13-6/h3,5H,1,4H2,2H3. The molecule has 0 fully saturated rings. The molecule has 0 radical (unpaired) electrons. The second-order valence-corrected chi connectivity index (χ2v) is 6.39. The highest BCUT2D eigenvalue weighted by atomic mass is 35.5. The van der Waals surface area contributed by atoms with Gasteiger partial charge in [-0.25, -0.2) is 13.4 Å². The number of thiazole rings is 1. The molecule has 7 heteroatoms. The van der Waals surface area contributed by atoms with E-state index in [1.54, 1.807) is 0 Å². The van der Waals surface area contributed by atoms with Crippen molar-refractivity contribution in [3.8, 4) is 0 Å². The number of rotatable bonds is 4. The SMILES string of the molecule is C=CCN(C)S(=O)(=O)c1cnc(Cl)s1. The Labute approximate surface area is 91.9 Å². The van der Waals surface area contributed by atoms with Crippen LogP contribution in [0.5, 0.6) is 0 Å². The minimum absolute atomic E-state index is 0.145. The maximum atomic E-state index is 11.7. The van der Waals surface area contributed by atoms with Crippen molar-refractivity contribution < 1.29 is 8.42 Å². The average Bonchev–Trinajstić information content (AvgIpc) is 2.52. The fourth-order valence-corrected chi connectivity index (χ4v) is 3.44. The lowest BCUT2D eigenvalue weighted by molar-refractivity contribution is 0.501. The lowest BCUT2D eigenvalue weighted by atomic mass is 10.6. The van der Waals surface area contributed by atoms with Crippen molar-refractivity contribution in [3.05, 3.63) is 23.3 Å². The van der Waals surface area contributed by atoms with Crippen LogP contribution in [0.3, 0.4) is 0 Å². The highest BCUT2D eigenvalue weighted by Crippen LogP contribution is 2.24. The molecule has 0 spiro atoms. The number of hydrogen-bond donors (Lipinski definition) is 0. The summed E-state index contributed by atoms with van der Waals surface area (Å²) < 4.78 is 25.0. The molecule has 0 aliphatic rings. The first-order valence-corrected chi connectivity index (χ1v) is 6.30. The first-order valence-electron chi connectivity index (χ1n) is 3.67. The molecule has 1 aromatic rings. The van der Waals surface area contributed by atoms with E-state index in [-0.39, 0.29) is 15.2 Å². The zero-order chi connectivity index (χ0) is 10.8. The zero-order valence-corrected chi connectivity index (χ0v) is 9.86. The van der Waals surface area contributed by atoms with Gasteiger partial charge in [-0.3, -0.25) is 0 Å². The van der Waals surface area contributed by atoms with Gasteiger partial charge in [0.2, 0.25) is 0 Å². The molecule has 0 amide bonds. The molecule has 78 valence electrons. The van der Waals surface area contributed by atoms with Gasteiger partial charge in [-0.05, 0) is 0 Å². The van der Waals surface area contributed by atoms with Gasteiger partial charge in [-0.2, -0.15) is 4.31 Å². The van der Waals surface area contributed by atoms with Crippen LogP contribution in [0.2, 0.25) is 4.47 Å². The van der Waals surface area contributed by atoms with Crippen LogP contribution in [0.25, 0.3) is 0 Å². The number of hydrogen-bond acceptors (Lipinski definition) is 4. The lowest BCUT2D eigenvalue weighted by Crippen LogP contribution is -2.26. The van der Waals surface area contributed by atoms with Crippen LogP contribution in [0.15, 0.2) is 23.1 Å². The van der Waals surface area contributed by atoms with E-state index in [9.17, 15) is 8.42 Å². The third-order valence-electron chi connectivity index (χ3n) is 1.51. The predicted molar refractivity (Wildman–Crippen MR) is 57.1 cm³/mol. The highest BCUT2D eigenvalue weighted by molar-refractivity contribution is 7.91. The molecule has 14 heavy (non-hydrogen) atoms. The molecule has 0 unspecified atom stereocenters. The Morgan fingerprint density at radius 2 is 2.43 bits per heavy atom. The Morgan fingerprint density at radius 1 is 1.79 bits per heavy atom. The van der Waals surface area contributed by atoms with Crippen molar-refractivity contribution in [1.29, 1.82) is 0 Å². The van der Waals surface area contributed by atoms with Gasteiger partial charge in [0.15, 0.2) is 8.68 Å². The molecule has 0 atom stereocenters. The smallest absolute Gasteiger partial charge is 0.232 e. The molecule has 0 N–H and O–H groups in total. The van der Waals surface area contributed by atoms with Gasteiger partial charge in [0.05, 0.1) is 6.20 Å². The van der Waals surface area contributed by atoms with Gasteiger partial charge < -0.3 is 0 Å². The highest BCUT2D eigenvalue weighted by Gasteiger charge is 2.22. The van der Waals surface area contributed by atoms with Crippen molar-refractivity contribution >= 4 is 33.0 Å². The largest absolute Gasteiger partial charge is 0.254 e. The third kappa shape index (κ3) is 2.33. The molecule has 0 saturated carbocycles. The van der Waals surface area contributed by atoms with E-state index in [1.165, 1.54) is 23.6 Å². The maximum absolute atomic E-state index is 11.7. The summed E-state index contributed by atoms with van der Waals surface area (Å²) in [5.74, 6) is 0. The van der Waals surface area contributed by atoms with Gasteiger partial charge in [0.25, 0.3) is 10.0 Å². The molecule has 0 saturated heterocycles. The summed E-state index contributed by atoms with van der Waals surface area (Å²) in [6.07, 6.45) is 2.77. The van der Waals surface area contributed by atoms with Crippen molar-refractivity contribution in [2.45, 2.75) is 4.21 Å². The number of sulfonamides is 1. The topological polar surface area (TPSA) is 50.3 Å². The van der Waals surface area contributed by atoms with Gasteiger partial charge in [-0.1, -0.05) is 29.0 Å². The molecule has 4 nitrogen and oxygen atoms in total. The summed E-state index contributed by atoms with van der Waals surface area (Å²) in [6.45, 7) is 3.73. The summed E-state index contributed by atoms with van der Waals surface area (Å²) >= 11 is 6.49. The Morgan fingerprint density at radius 3 is 2.86 bits per heavy atom. The second-order valence-electron chi connectivity index (χ2n) is 2.51. The molecule has 0 aromatic carbocycles. The average molecular weight is 253 g/mol. The molecular weight excluding hydrogens is 244 g/mol. The fraction of sp³-hybridized carbons (Fsp3) is 0.286. The van der Waals surface area contributed by atoms with E-state index in [2.05, 4.69) is 11.6 Å². The van der Waals surface area contributed by atoms with E-state index in [4.69, 9.17) is 11.6 Å². The van der Waals surface area contributed by atoms with E-state index >= 15 is 0 Å². The number of nitrogens with zero attached hydrogens (tertiary/aromatic N) is 2. The summed E-state index contributed by atoms with van der Waals surface area (Å²) in [7, 11) is -1.97. The van der Waals surface area contributed by atoms with Gasteiger partial charge in [0.1, 0.15) is 0 Å². The molecular formula is C7H9ClN2O2S2. The second kappa shape index (κ2) is 4.39. The minimum atomic E-state index is -3.45. The lowest BCUT2D eigenvalue weighted by Gasteiger charge is -2.12. The first kappa shape index (κ1) is 11.6.